The van der Waals surface area contributed by atoms with Gasteiger partial charge in [0.05, 0.1) is 94.7 Å². The van der Waals surface area contributed by atoms with Crippen LogP contribution in [0.25, 0.3) is 10.8 Å². The quantitative estimate of drug-likeness (QED) is 0.165. The van der Waals surface area contributed by atoms with Crippen LogP contribution in [0.1, 0.15) is 117 Å². The van der Waals surface area contributed by atoms with Crippen molar-refractivity contribution in [3.05, 3.63) is 30.3 Å². The predicted octanol–water partition coefficient (Wildman–Crippen LogP) is 6.80. The molecule has 0 saturated carbocycles. The summed E-state index contributed by atoms with van der Waals surface area (Å²) in [6.07, 6.45) is 21.5. The lowest BCUT2D eigenvalue weighted by Gasteiger charge is -2.37. The Kier molecular flexibility index (Phi) is 20.2. The molecule has 0 atom stereocenters. The van der Waals surface area contributed by atoms with E-state index in [9.17, 15) is 38.9 Å². The largest absolute Gasteiger partial charge is 0.744 e. The van der Waals surface area contributed by atoms with Gasteiger partial charge in [0.25, 0.3) is 0 Å². The summed E-state index contributed by atoms with van der Waals surface area (Å²) in [5.41, 5.74) is 0. The highest BCUT2D eigenvalue weighted by molar-refractivity contribution is 7.86. The van der Waals surface area contributed by atoms with Gasteiger partial charge >= 0.3 is 0 Å². The minimum atomic E-state index is -5.14. The molecular weight excluding hydrogens is 763 g/mol. The zero-order chi connectivity index (χ0) is 41.4. The normalized spacial score (nSPS) is 19.4. The Morgan fingerprint density at radius 2 is 0.800 bits per heavy atom. The highest BCUT2D eigenvalue weighted by Crippen LogP contribution is 2.29. The maximum Gasteiger partial charge on any atom is 0.125 e. The fraction of sp³-hybridized carbons (Fsp3) is 0.750. The van der Waals surface area contributed by atoms with Crippen molar-refractivity contribution >= 4 is 41.1 Å². The number of rotatable bonds is 12. The Morgan fingerprint density at radius 1 is 0.473 bits per heavy atom. The van der Waals surface area contributed by atoms with Gasteiger partial charge in [0.15, 0.2) is 0 Å². The Balaban J connectivity index is 0.000000270. The molecule has 15 heteroatoms. The second kappa shape index (κ2) is 22.5. The van der Waals surface area contributed by atoms with Crippen LogP contribution in [0.3, 0.4) is 0 Å². The van der Waals surface area contributed by atoms with Crippen LogP contribution < -0.4 is 0 Å². The molecule has 2 aromatic rings. The molecule has 0 aliphatic carbocycles. The molecule has 0 spiro atoms. The minimum absolute atomic E-state index is 0.310. The fourth-order valence-corrected chi connectivity index (χ4v) is 9.75. The van der Waals surface area contributed by atoms with Gasteiger partial charge in [0.2, 0.25) is 0 Å². The topological polar surface area (TPSA) is 172 Å². The number of benzene rings is 2. The minimum Gasteiger partial charge on any atom is -0.744 e. The van der Waals surface area contributed by atoms with Crippen molar-refractivity contribution in [3.8, 4) is 0 Å². The zero-order valence-corrected chi connectivity index (χ0v) is 37.0. The number of likely N-dealkylation sites (tertiary alicyclic amines) is 3. The van der Waals surface area contributed by atoms with Gasteiger partial charge in [-0.25, -0.2) is 25.3 Å². The van der Waals surface area contributed by atoms with Gasteiger partial charge in [-0.1, -0.05) is 46.1 Å². The molecule has 3 saturated heterocycles. The number of hydrogen-bond acceptors (Lipinski definition) is 9. The molecule has 0 radical (unpaired) electrons. The highest BCUT2D eigenvalue weighted by atomic mass is 32.2. The van der Waals surface area contributed by atoms with Crippen LogP contribution in [0.15, 0.2) is 45.0 Å². The highest BCUT2D eigenvalue weighted by Gasteiger charge is 2.25. The zero-order valence-electron chi connectivity index (χ0n) is 34.6. The summed E-state index contributed by atoms with van der Waals surface area (Å²) in [7, 11) is -7.87. The van der Waals surface area contributed by atoms with Gasteiger partial charge in [-0.15, -0.1) is 0 Å². The van der Waals surface area contributed by atoms with E-state index in [-0.39, 0.29) is 10.8 Å². The molecule has 3 aliphatic heterocycles. The maximum absolute atomic E-state index is 11.2. The lowest BCUT2D eigenvalue weighted by atomic mass is 10.1. The van der Waals surface area contributed by atoms with E-state index >= 15 is 0 Å². The lowest BCUT2D eigenvalue weighted by Crippen LogP contribution is -2.48. The van der Waals surface area contributed by atoms with Crippen molar-refractivity contribution in [3.63, 3.8) is 0 Å². The first kappa shape index (κ1) is 49.5. The van der Waals surface area contributed by atoms with E-state index in [1.54, 1.807) is 0 Å². The van der Waals surface area contributed by atoms with E-state index in [0.717, 1.165) is 12.1 Å². The molecule has 3 heterocycles. The number of unbranched alkanes of at least 4 members (excludes halogenated alkanes) is 3. The average molecular weight is 834 g/mol. The van der Waals surface area contributed by atoms with Gasteiger partial charge in [0.1, 0.15) is 30.4 Å². The van der Waals surface area contributed by atoms with Crippen LogP contribution >= 0.6 is 0 Å². The monoisotopic (exact) mass is 833 g/mol. The second-order valence-corrected chi connectivity index (χ2v) is 20.9. The Labute approximate surface area is 334 Å². The molecule has 12 nitrogen and oxygen atoms in total. The Hall–Kier alpha value is -1.69. The molecule has 0 amide bonds. The summed E-state index contributed by atoms with van der Waals surface area (Å²) in [5.74, 6) is 0. The Bertz CT molecular complexity index is 1710. The Morgan fingerprint density at radius 3 is 1.09 bits per heavy atom. The van der Waals surface area contributed by atoms with Crippen LogP contribution in [-0.4, -0.2) is 132 Å². The van der Waals surface area contributed by atoms with Crippen molar-refractivity contribution in [1.82, 2.24) is 0 Å². The number of nitrogens with zero attached hydrogens (tertiary/aromatic N) is 3. The predicted molar refractivity (Wildman–Crippen MR) is 216 cm³/mol. The standard InChI is InChI=1S/3C10H22N.C10H8O9S3/c3*1-3-4-8-11(2)9-6-5-7-10-11;11-20(12,13)7-1-2-9-6(3-7)4-8(21(14,15)16)5-10(9)22(17,18)19/h3*3-10H2,1-2H3;1-5H,(H,11,12,13)(H,14,15,16)(H,17,18,19)/q3*+1;/p-3. The average Bonchev–Trinajstić information content (AvgIpc) is 3.12. The van der Waals surface area contributed by atoms with Crippen LogP contribution in [0.4, 0.5) is 0 Å². The number of hydrogen-bond donors (Lipinski definition) is 0. The van der Waals surface area contributed by atoms with Gasteiger partial charge < -0.3 is 27.1 Å². The summed E-state index contributed by atoms with van der Waals surface area (Å²) in [6.45, 7) is 19.7. The van der Waals surface area contributed by atoms with Crippen molar-refractivity contribution in [2.24, 2.45) is 0 Å². The van der Waals surface area contributed by atoms with Crippen molar-refractivity contribution in [2.75, 3.05) is 80.0 Å². The smallest absolute Gasteiger partial charge is 0.125 e. The van der Waals surface area contributed by atoms with Crippen molar-refractivity contribution in [1.29, 1.82) is 0 Å². The van der Waals surface area contributed by atoms with E-state index in [1.807, 2.05) is 0 Å². The van der Waals surface area contributed by atoms with Crippen molar-refractivity contribution in [2.45, 2.75) is 132 Å². The summed E-state index contributed by atoms with van der Waals surface area (Å²) in [4.78, 5) is -2.81. The molecule has 0 aromatic heterocycles. The SMILES string of the molecule is CCCC[N+]1(C)CCCCC1.CCCC[N+]1(C)CCCCC1.CCCC[N+]1(C)CCCCC1.O=S(=O)([O-])c1ccc2c(S(=O)(=O)[O-])cc(S(=O)(=O)[O-])cc2c1. The summed E-state index contributed by atoms with van der Waals surface area (Å²) in [6, 6.07) is 3.39. The molecule has 2 aromatic carbocycles. The van der Waals surface area contributed by atoms with Gasteiger partial charge in [-0.2, -0.15) is 0 Å². The van der Waals surface area contributed by atoms with E-state index in [4.69, 9.17) is 0 Å². The third kappa shape index (κ3) is 17.8. The molecule has 0 unspecified atom stereocenters. The van der Waals surface area contributed by atoms with Gasteiger partial charge in [-0.05, 0) is 112 Å². The first-order valence-electron chi connectivity index (χ1n) is 20.6. The van der Waals surface area contributed by atoms with Crippen molar-refractivity contribution < 1.29 is 52.4 Å². The molecule has 0 bridgehead atoms. The molecule has 55 heavy (non-hydrogen) atoms. The molecule has 0 N–H and O–H groups in total. The van der Waals surface area contributed by atoms with Crippen LogP contribution in [0.2, 0.25) is 0 Å². The van der Waals surface area contributed by atoms with Crippen LogP contribution in [0.5, 0.6) is 0 Å². The van der Waals surface area contributed by atoms with Gasteiger partial charge in [0, 0.05) is 0 Å². The van der Waals surface area contributed by atoms with E-state index in [0.29, 0.717) is 18.2 Å². The summed E-state index contributed by atoms with van der Waals surface area (Å²) < 4.78 is 103. The third-order valence-electron chi connectivity index (χ3n) is 11.5. The maximum atomic E-state index is 11.2. The number of piperidine rings is 3. The number of fused-ring (bicyclic) bond motifs is 1. The second-order valence-electron chi connectivity index (χ2n) is 16.8. The molecule has 3 aliphatic rings. The third-order valence-corrected chi connectivity index (χ3v) is 14.1. The lowest BCUT2D eigenvalue weighted by molar-refractivity contribution is -0.914. The fourth-order valence-electron chi connectivity index (χ4n) is 7.91. The summed E-state index contributed by atoms with van der Waals surface area (Å²) >= 11 is 0. The van der Waals surface area contributed by atoms with E-state index < -0.39 is 45.0 Å². The molecule has 5 rings (SSSR count). The molecule has 318 valence electrons. The van der Waals surface area contributed by atoms with E-state index in [2.05, 4.69) is 41.9 Å². The molecular formula is C40H71N3O9S3. The first-order chi connectivity index (χ1) is 25.6. The van der Waals surface area contributed by atoms with Crippen LogP contribution in [-0.2, 0) is 30.4 Å². The number of quaternary nitrogens is 3. The molecule has 3 fully saturated rings. The summed E-state index contributed by atoms with van der Waals surface area (Å²) in [5, 5.41) is -0.668. The van der Waals surface area contributed by atoms with Gasteiger partial charge in [-0.3, -0.25) is 0 Å². The first-order valence-corrected chi connectivity index (χ1v) is 24.8. The van der Waals surface area contributed by atoms with E-state index in [1.165, 1.54) is 169 Å². The van der Waals surface area contributed by atoms with Crippen LogP contribution in [0, 0.1) is 0 Å².